The molecule has 0 aromatic carbocycles. The molecule has 1 aromatic rings. The van der Waals surface area contributed by atoms with Crippen LogP contribution in [0.2, 0.25) is 0 Å². The van der Waals surface area contributed by atoms with E-state index in [0.29, 0.717) is 36.2 Å². The number of hydrogen-bond acceptors (Lipinski definition) is 4. The summed E-state index contributed by atoms with van der Waals surface area (Å²) in [7, 11) is 1.61. The maximum Gasteiger partial charge on any atom is 0.213 e. The van der Waals surface area contributed by atoms with Crippen molar-refractivity contribution in [2.45, 2.75) is 50.7 Å². The van der Waals surface area contributed by atoms with E-state index in [0.717, 1.165) is 25.7 Å². The lowest BCUT2D eigenvalue weighted by Gasteiger charge is -2.25. The topological polar surface area (TPSA) is 64.4 Å². The average molecular weight is 345 g/mol. The number of aliphatic hydroxyl groups is 1. The van der Waals surface area contributed by atoms with Gasteiger partial charge < -0.3 is 9.84 Å². The molecule has 1 fully saturated rings. The third-order valence-electron chi connectivity index (χ3n) is 3.87. The predicted molar refractivity (Wildman–Crippen MR) is 78.8 cm³/mol. The summed E-state index contributed by atoms with van der Waals surface area (Å²) < 4.78 is 7.28. The van der Waals surface area contributed by atoms with E-state index in [-0.39, 0.29) is 5.78 Å². The number of Topliss-reactive ketones (excluding diaryl/α,β-unsaturated/α-hetero) is 1. The summed E-state index contributed by atoms with van der Waals surface area (Å²) >= 11 is 3.36. The van der Waals surface area contributed by atoms with E-state index in [1.807, 2.05) is 0 Å². The molecule has 1 aliphatic rings. The molecule has 0 aliphatic heterocycles. The summed E-state index contributed by atoms with van der Waals surface area (Å²) in [5.41, 5.74) is -0.796. The molecule has 0 saturated heterocycles. The number of methoxy groups -OCH3 is 1. The number of carbonyl (C=O) groups is 1. The highest BCUT2D eigenvalue weighted by Gasteiger charge is 2.39. The van der Waals surface area contributed by atoms with Gasteiger partial charge in [-0.3, -0.25) is 9.48 Å². The van der Waals surface area contributed by atoms with Crippen LogP contribution in [0.4, 0.5) is 0 Å². The molecule has 1 N–H and O–H groups in total. The number of aromatic nitrogens is 2. The lowest BCUT2D eigenvalue weighted by atomic mass is 9.88. The molecular weight excluding hydrogens is 324 g/mol. The Morgan fingerprint density at radius 2 is 2.10 bits per heavy atom. The molecule has 0 amide bonds. The van der Waals surface area contributed by atoms with Gasteiger partial charge in [0.2, 0.25) is 5.78 Å². The van der Waals surface area contributed by atoms with Crippen molar-refractivity contribution in [3.05, 3.63) is 16.4 Å². The van der Waals surface area contributed by atoms with Crippen LogP contribution in [0.25, 0.3) is 0 Å². The van der Waals surface area contributed by atoms with Crippen molar-refractivity contribution >= 4 is 21.7 Å². The Balaban J connectivity index is 2.25. The van der Waals surface area contributed by atoms with Gasteiger partial charge >= 0.3 is 0 Å². The molecule has 1 aromatic heterocycles. The molecule has 0 unspecified atom stereocenters. The first-order valence-corrected chi connectivity index (χ1v) is 7.85. The van der Waals surface area contributed by atoms with Gasteiger partial charge in [0.1, 0.15) is 11.3 Å². The van der Waals surface area contributed by atoms with Gasteiger partial charge in [-0.25, -0.2) is 0 Å². The molecule has 0 atom stereocenters. The quantitative estimate of drug-likeness (QED) is 0.658. The fourth-order valence-corrected chi connectivity index (χ4v) is 3.17. The van der Waals surface area contributed by atoms with Crippen LogP contribution < -0.4 is 0 Å². The van der Waals surface area contributed by atoms with Crippen molar-refractivity contribution < 1.29 is 14.6 Å². The fourth-order valence-electron chi connectivity index (χ4n) is 2.70. The number of hydrogen-bond donors (Lipinski definition) is 1. The Labute approximate surface area is 127 Å². The van der Waals surface area contributed by atoms with E-state index >= 15 is 0 Å². The van der Waals surface area contributed by atoms with Gasteiger partial charge in [0.25, 0.3) is 0 Å². The molecule has 5 nitrogen and oxygen atoms in total. The van der Waals surface area contributed by atoms with Crippen LogP contribution in [0.15, 0.2) is 10.7 Å². The zero-order valence-corrected chi connectivity index (χ0v) is 13.4. The van der Waals surface area contributed by atoms with Crippen LogP contribution in [0.1, 0.15) is 49.0 Å². The first-order chi connectivity index (χ1) is 9.58. The monoisotopic (exact) mass is 344 g/mol. The number of ether oxygens (including phenoxy) is 1. The molecule has 6 heteroatoms. The van der Waals surface area contributed by atoms with Crippen LogP contribution >= 0.6 is 15.9 Å². The third-order valence-corrected chi connectivity index (χ3v) is 4.45. The zero-order chi connectivity index (χ0) is 14.6. The normalized spacial score (nSPS) is 18.8. The highest BCUT2D eigenvalue weighted by atomic mass is 79.9. The van der Waals surface area contributed by atoms with Gasteiger partial charge in [-0.15, -0.1) is 0 Å². The first kappa shape index (κ1) is 15.7. The summed E-state index contributed by atoms with van der Waals surface area (Å²) in [5.74, 6) is -0.222. The summed E-state index contributed by atoms with van der Waals surface area (Å²) in [4.78, 5) is 12.8. The summed E-state index contributed by atoms with van der Waals surface area (Å²) in [6, 6.07) is 0. The molecule has 0 bridgehead atoms. The van der Waals surface area contributed by atoms with Crippen LogP contribution in [0.5, 0.6) is 0 Å². The van der Waals surface area contributed by atoms with E-state index in [1.165, 1.54) is 0 Å². The Morgan fingerprint density at radius 1 is 1.45 bits per heavy atom. The molecule has 0 radical (unpaired) electrons. The first-order valence-electron chi connectivity index (χ1n) is 7.06. The van der Waals surface area contributed by atoms with Crippen LogP contribution in [0, 0.1) is 0 Å². The third kappa shape index (κ3) is 3.30. The van der Waals surface area contributed by atoms with Gasteiger partial charge in [-0.05, 0) is 28.8 Å². The Morgan fingerprint density at radius 3 is 2.70 bits per heavy atom. The van der Waals surface area contributed by atoms with Crippen LogP contribution in [-0.2, 0) is 11.3 Å². The molecule has 1 saturated carbocycles. The molecule has 2 rings (SSSR count). The van der Waals surface area contributed by atoms with Crippen molar-refractivity contribution in [1.29, 1.82) is 0 Å². The maximum absolute atomic E-state index is 12.8. The summed E-state index contributed by atoms with van der Waals surface area (Å²) in [6.07, 6.45) is 6.63. The molecular formula is C14H21BrN2O3. The van der Waals surface area contributed by atoms with E-state index in [2.05, 4.69) is 21.0 Å². The summed E-state index contributed by atoms with van der Waals surface area (Å²) in [5, 5.41) is 14.9. The summed E-state index contributed by atoms with van der Waals surface area (Å²) in [6.45, 7) is 0.978. The number of nitrogens with zero attached hydrogens (tertiary/aromatic N) is 2. The Kier molecular flexibility index (Phi) is 5.35. The van der Waals surface area contributed by atoms with Gasteiger partial charge in [0.15, 0.2) is 0 Å². The lowest BCUT2D eigenvalue weighted by Crippen LogP contribution is -2.39. The number of carbonyl (C=O) groups excluding carboxylic acids is 1. The molecule has 112 valence electrons. The van der Waals surface area contributed by atoms with Crippen molar-refractivity contribution in [2.24, 2.45) is 0 Å². The number of ketones is 1. The standard InChI is InChI=1S/C14H21BrN2O3/c1-20-9-8-17-12(11(15)10-16-17)13(18)14(19)6-4-2-3-5-7-14/h10,19H,2-9H2,1H3. The Hall–Kier alpha value is -0.720. The van der Waals surface area contributed by atoms with Gasteiger partial charge in [0.05, 0.1) is 23.8 Å². The van der Waals surface area contributed by atoms with Crippen molar-refractivity contribution in [2.75, 3.05) is 13.7 Å². The molecule has 20 heavy (non-hydrogen) atoms. The molecule has 0 spiro atoms. The van der Waals surface area contributed by atoms with E-state index in [1.54, 1.807) is 18.0 Å². The fraction of sp³-hybridized carbons (Fsp3) is 0.714. The largest absolute Gasteiger partial charge is 0.383 e. The Bertz CT molecular complexity index is 465. The second-order valence-corrected chi connectivity index (χ2v) is 6.19. The van der Waals surface area contributed by atoms with Crippen molar-refractivity contribution in [3.8, 4) is 0 Å². The number of halogens is 1. The van der Waals surface area contributed by atoms with E-state index in [4.69, 9.17) is 4.74 Å². The van der Waals surface area contributed by atoms with Crippen molar-refractivity contribution in [1.82, 2.24) is 9.78 Å². The average Bonchev–Trinajstić information content (AvgIpc) is 2.64. The SMILES string of the molecule is COCCn1ncc(Br)c1C(=O)C1(O)CCCCCC1. The minimum absolute atomic E-state index is 0.222. The van der Waals surface area contributed by atoms with Crippen LogP contribution in [0.3, 0.4) is 0 Å². The maximum atomic E-state index is 12.8. The van der Waals surface area contributed by atoms with Gasteiger partial charge in [-0.2, -0.15) is 5.10 Å². The second kappa shape index (κ2) is 6.83. The van der Waals surface area contributed by atoms with Gasteiger partial charge in [-0.1, -0.05) is 25.7 Å². The zero-order valence-electron chi connectivity index (χ0n) is 11.8. The van der Waals surface area contributed by atoms with E-state index in [9.17, 15) is 9.90 Å². The second-order valence-electron chi connectivity index (χ2n) is 5.33. The minimum Gasteiger partial charge on any atom is -0.383 e. The van der Waals surface area contributed by atoms with Crippen molar-refractivity contribution in [3.63, 3.8) is 0 Å². The van der Waals surface area contributed by atoms with Crippen LogP contribution in [-0.4, -0.2) is 40.0 Å². The lowest BCUT2D eigenvalue weighted by molar-refractivity contribution is 0.0225. The minimum atomic E-state index is -1.25. The molecule has 1 aliphatic carbocycles. The smallest absolute Gasteiger partial charge is 0.213 e. The highest BCUT2D eigenvalue weighted by Crippen LogP contribution is 2.32. The number of rotatable bonds is 5. The van der Waals surface area contributed by atoms with E-state index < -0.39 is 5.60 Å². The molecule has 1 heterocycles. The predicted octanol–water partition coefficient (Wildman–Crippen LogP) is 2.56. The highest BCUT2D eigenvalue weighted by molar-refractivity contribution is 9.10. The van der Waals surface area contributed by atoms with Gasteiger partial charge in [0, 0.05) is 7.11 Å².